The van der Waals surface area contributed by atoms with E-state index < -0.39 is 10.0 Å². The van der Waals surface area contributed by atoms with Crippen LogP contribution in [0, 0.1) is 0 Å². The van der Waals surface area contributed by atoms with E-state index in [0.29, 0.717) is 13.0 Å². The number of nitrogens with zero attached hydrogens (tertiary/aromatic N) is 2. The fourth-order valence-corrected chi connectivity index (χ4v) is 2.93. The Morgan fingerprint density at radius 3 is 2.88 bits per heavy atom. The van der Waals surface area contributed by atoms with Crippen LogP contribution in [0.2, 0.25) is 0 Å². The minimum Gasteiger partial charge on any atom is -0.396 e. The highest BCUT2D eigenvalue weighted by atomic mass is 32.2. The van der Waals surface area contributed by atoms with E-state index in [0.717, 1.165) is 12.8 Å². The second-order valence-electron chi connectivity index (χ2n) is 4.68. The molecule has 2 rings (SSSR count). The van der Waals surface area contributed by atoms with E-state index in [2.05, 4.69) is 9.82 Å². The molecule has 1 aromatic heterocycles. The van der Waals surface area contributed by atoms with E-state index in [-0.39, 0.29) is 17.0 Å². The Balaban J connectivity index is 2.08. The van der Waals surface area contributed by atoms with Crippen molar-refractivity contribution < 1.29 is 13.5 Å². The van der Waals surface area contributed by atoms with Crippen molar-refractivity contribution in [3.8, 4) is 0 Å². The average Bonchev–Trinajstić information content (AvgIpc) is 2.81. The number of aliphatic hydroxyl groups is 1. The van der Waals surface area contributed by atoms with Gasteiger partial charge < -0.3 is 5.11 Å². The van der Waals surface area contributed by atoms with E-state index in [1.54, 1.807) is 0 Å². The van der Waals surface area contributed by atoms with Gasteiger partial charge in [-0.2, -0.15) is 5.10 Å². The van der Waals surface area contributed by atoms with Gasteiger partial charge >= 0.3 is 0 Å². The molecule has 1 aromatic rings. The van der Waals surface area contributed by atoms with Crippen molar-refractivity contribution in [2.75, 3.05) is 6.61 Å². The van der Waals surface area contributed by atoms with Gasteiger partial charge in [-0.1, -0.05) is 0 Å². The summed E-state index contributed by atoms with van der Waals surface area (Å²) in [6.45, 7) is 2.47. The lowest BCUT2D eigenvalue weighted by atomic mass is 10.4. The average molecular weight is 259 g/mol. The number of aliphatic hydroxyl groups excluding tert-OH is 1. The molecule has 0 saturated heterocycles. The molecule has 0 aliphatic heterocycles. The first-order chi connectivity index (χ1) is 7.95. The number of hydrogen-bond donors (Lipinski definition) is 2. The molecule has 1 aliphatic carbocycles. The molecule has 0 spiro atoms. The van der Waals surface area contributed by atoms with Gasteiger partial charge in [0, 0.05) is 24.9 Å². The van der Waals surface area contributed by atoms with Gasteiger partial charge in [0.05, 0.1) is 6.20 Å². The Labute approximate surface area is 101 Å². The molecular weight excluding hydrogens is 242 g/mol. The van der Waals surface area contributed by atoms with Crippen LogP contribution in [0.4, 0.5) is 0 Å². The van der Waals surface area contributed by atoms with E-state index in [9.17, 15) is 8.42 Å². The molecule has 0 atom stereocenters. The van der Waals surface area contributed by atoms with Crippen molar-refractivity contribution in [3.63, 3.8) is 0 Å². The smallest absolute Gasteiger partial charge is 0.244 e. The summed E-state index contributed by atoms with van der Waals surface area (Å²) in [5.74, 6) is 0. The van der Waals surface area contributed by atoms with E-state index in [1.165, 1.54) is 17.1 Å². The molecule has 0 amide bonds. The van der Waals surface area contributed by atoms with Gasteiger partial charge in [0.15, 0.2) is 0 Å². The fourth-order valence-electron chi connectivity index (χ4n) is 1.51. The number of aryl methyl sites for hydroxylation is 1. The first kappa shape index (κ1) is 12.5. The van der Waals surface area contributed by atoms with Gasteiger partial charge in [0.2, 0.25) is 10.0 Å². The van der Waals surface area contributed by atoms with Crippen LogP contribution in [-0.2, 0) is 16.6 Å². The molecule has 1 heterocycles. The summed E-state index contributed by atoms with van der Waals surface area (Å²) in [5.41, 5.74) is -0.272. The molecule has 1 saturated carbocycles. The van der Waals surface area contributed by atoms with Gasteiger partial charge in [-0.15, -0.1) is 0 Å². The SMILES string of the molecule is CC1(NS(=O)(=O)c2cnn(CCCO)c2)CC1. The maximum Gasteiger partial charge on any atom is 0.244 e. The highest BCUT2D eigenvalue weighted by molar-refractivity contribution is 7.89. The van der Waals surface area contributed by atoms with Gasteiger partial charge in [0.1, 0.15) is 4.90 Å². The highest BCUT2D eigenvalue weighted by Gasteiger charge is 2.41. The lowest BCUT2D eigenvalue weighted by Gasteiger charge is -2.10. The van der Waals surface area contributed by atoms with Crippen LogP contribution in [0.3, 0.4) is 0 Å². The van der Waals surface area contributed by atoms with Crippen molar-refractivity contribution >= 4 is 10.0 Å². The Morgan fingerprint density at radius 2 is 2.29 bits per heavy atom. The summed E-state index contributed by atoms with van der Waals surface area (Å²) < 4.78 is 28.1. The van der Waals surface area contributed by atoms with Crippen molar-refractivity contribution in [2.24, 2.45) is 0 Å². The van der Waals surface area contributed by atoms with Crippen molar-refractivity contribution in [1.82, 2.24) is 14.5 Å². The molecule has 0 aromatic carbocycles. The molecular formula is C10H17N3O3S. The van der Waals surface area contributed by atoms with Gasteiger partial charge in [0.25, 0.3) is 0 Å². The molecule has 1 fully saturated rings. The minimum absolute atomic E-state index is 0.0677. The number of nitrogens with one attached hydrogen (secondary N) is 1. The largest absolute Gasteiger partial charge is 0.396 e. The summed E-state index contributed by atoms with van der Waals surface area (Å²) in [6.07, 6.45) is 5.15. The maximum atomic E-state index is 12.0. The van der Waals surface area contributed by atoms with E-state index in [1.807, 2.05) is 6.92 Å². The molecule has 0 radical (unpaired) electrons. The third-order valence-electron chi connectivity index (χ3n) is 2.85. The normalized spacial score (nSPS) is 18.2. The zero-order valence-corrected chi connectivity index (χ0v) is 10.6. The first-order valence-corrected chi connectivity index (χ1v) is 7.11. The summed E-state index contributed by atoms with van der Waals surface area (Å²) in [6, 6.07) is 0. The molecule has 0 unspecified atom stereocenters. The van der Waals surface area contributed by atoms with Crippen molar-refractivity contribution in [1.29, 1.82) is 0 Å². The van der Waals surface area contributed by atoms with Gasteiger partial charge in [-0.3, -0.25) is 4.68 Å². The molecule has 1 aliphatic rings. The standard InChI is InChI=1S/C10H17N3O3S/c1-10(3-4-10)12-17(15,16)9-7-11-13(8-9)5-2-6-14/h7-8,12,14H,2-6H2,1H3. The maximum absolute atomic E-state index is 12.0. The predicted molar refractivity (Wildman–Crippen MR) is 61.9 cm³/mol. The van der Waals surface area contributed by atoms with Gasteiger partial charge in [-0.25, -0.2) is 13.1 Å². The Kier molecular flexibility index (Phi) is 3.24. The second-order valence-corrected chi connectivity index (χ2v) is 6.36. The van der Waals surface area contributed by atoms with E-state index >= 15 is 0 Å². The summed E-state index contributed by atoms with van der Waals surface area (Å²) >= 11 is 0. The Bertz CT molecular complexity index is 491. The number of sulfonamides is 1. The monoisotopic (exact) mass is 259 g/mol. The van der Waals surface area contributed by atoms with Crippen LogP contribution in [0.15, 0.2) is 17.3 Å². The van der Waals surface area contributed by atoms with E-state index in [4.69, 9.17) is 5.11 Å². The lowest BCUT2D eigenvalue weighted by Crippen LogP contribution is -2.34. The molecule has 96 valence electrons. The minimum atomic E-state index is -3.46. The van der Waals surface area contributed by atoms with Crippen molar-refractivity contribution in [3.05, 3.63) is 12.4 Å². The first-order valence-electron chi connectivity index (χ1n) is 5.62. The Morgan fingerprint density at radius 1 is 1.59 bits per heavy atom. The summed E-state index contributed by atoms with van der Waals surface area (Å²) in [4.78, 5) is 0.184. The van der Waals surface area contributed by atoms with Crippen LogP contribution in [0.1, 0.15) is 26.2 Å². The molecule has 7 heteroatoms. The second kappa shape index (κ2) is 4.40. The summed E-state index contributed by atoms with van der Waals surface area (Å²) in [7, 11) is -3.46. The lowest BCUT2D eigenvalue weighted by molar-refractivity contribution is 0.277. The van der Waals surface area contributed by atoms with Gasteiger partial charge in [-0.05, 0) is 26.2 Å². The topological polar surface area (TPSA) is 84.2 Å². The number of aromatic nitrogens is 2. The fraction of sp³-hybridized carbons (Fsp3) is 0.700. The molecule has 6 nitrogen and oxygen atoms in total. The van der Waals surface area contributed by atoms with Crippen LogP contribution in [0.25, 0.3) is 0 Å². The zero-order valence-electron chi connectivity index (χ0n) is 9.76. The molecule has 17 heavy (non-hydrogen) atoms. The summed E-state index contributed by atoms with van der Waals surface area (Å²) in [5, 5.41) is 12.6. The molecule has 0 bridgehead atoms. The van der Waals surface area contributed by atoms with Crippen molar-refractivity contribution in [2.45, 2.75) is 43.2 Å². The van der Waals surface area contributed by atoms with Crippen LogP contribution in [-0.4, -0.2) is 35.5 Å². The zero-order chi connectivity index (χ0) is 12.5. The quantitative estimate of drug-likeness (QED) is 0.758. The Hall–Kier alpha value is -0.920. The van der Waals surface area contributed by atoms with Crippen LogP contribution in [0.5, 0.6) is 0 Å². The van der Waals surface area contributed by atoms with Crippen LogP contribution < -0.4 is 4.72 Å². The highest BCUT2D eigenvalue weighted by Crippen LogP contribution is 2.35. The third-order valence-corrected chi connectivity index (χ3v) is 4.44. The third kappa shape index (κ3) is 3.05. The number of hydrogen-bond acceptors (Lipinski definition) is 4. The van der Waals surface area contributed by atoms with Crippen LogP contribution >= 0.6 is 0 Å². The molecule has 2 N–H and O–H groups in total. The predicted octanol–water partition coefficient (Wildman–Crippen LogP) is 0.0963. The number of rotatable bonds is 6.